The van der Waals surface area contributed by atoms with Gasteiger partial charge in [0.15, 0.2) is 9.84 Å². The van der Waals surface area contributed by atoms with Gasteiger partial charge in [-0.15, -0.1) is 11.8 Å². The monoisotopic (exact) mass is 438 g/mol. The van der Waals surface area contributed by atoms with Crippen LogP contribution < -0.4 is 5.32 Å². The number of nitrogens with zero attached hydrogens (tertiary/aromatic N) is 1. The Bertz CT molecular complexity index is 828. The van der Waals surface area contributed by atoms with E-state index in [-0.39, 0.29) is 47.2 Å². The van der Waals surface area contributed by atoms with E-state index in [1.165, 1.54) is 28.8 Å². The SMILES string of the molecule is CCN(CC(=O)Nc1ccccc1C(F)(F)F)C(=O)CSC1CCS(=O)(=O)C1. The number of hydrogen-bond donors (Lipinski definition) is 1. The van der Waals surface area contributed by atoms with Crippen LogP contribution in [0.5, 0.6) is 0 Å². The van der Waals surface area contributed by atoms with Gasteiger partial charge in [-0.25, -0.2) is 8.42 Å². The number of hydrogen-bond acceptors (Lipinski definition) is 5. The number of carbonyl (C=O) groups excluding carboxylic acids is 2. The highest BCUT2D eigenvalue weighted by Gasteiger charge is 2.34. The van der Waals surface area contributed by atoms with E-state index in [4.69, 9.17) is 0 Å². The summed E-state index contributed by atoms with van der Waals surface area (Å²) >= 11 is 1.22. The molecule has 156 valence electrons. The zero-order valence-electron chi connectivity index (χ0n) is 15.2. The van der Waals surface area contributed by atoms with Crippen molar-refractivity contribution in [3.63, 3.8) is 0 Å². The predicted molar refractivity (Wildman–Crippen MR) is 102 cm³/mol. The molecule has 1 atom stereocenters. The van der Waals surface area contributed by atoms with Gasteiger partial charge in [-0.3, -0.25) is 9.59 Å². The Morgan fingerprint density at radius 1 is 1.29 bits per heavy atom. The minimum absolute atomic E-state index is 0.0143. The lowest BCUT2D eigenvalue weighted by atomic mass is 10.1. The first-order chi connectivity index (χ1) is 13.0. The zero-order valence-corrected chi connectivity index (χ0v) is 16.8. The number of amides is 2. The molecule has 1 heterocycles. The lowest BCUT2D eigenvalue weighted by Gasteiger charge is -2.21. The van der Waals surface area contributed by atoms with Crippen LogP contribution in [0.3, 0.4) is 0 Å². The molecule has 1 aromatic rings. The van der Waals surface area contributed by atoms with Crippen LogP contribution in [-0.2, 0) is 25.6 Å². The second-order valence-electron chi connectivity index (χ2n) is 6.34. The molecule has 0 aromatic heterocycles. The largest absolute Gasteiger partial charge is 0.418 e. The van der Waals surface area contributed by atoms with Crippen LogP contribution in [0.1, 0.15) is 18.9 Å². The number of halogens is 3. The van der Waals surface area contributed by atoms with Crippen molar-refractivity contribution in [2.24, 2.45) is 0 Å². The van der Waals surface area contributed by atoms with Crippen molar-refractivity contribution >= 4 is 39.1 Å². The number of carbonyl (C=O) groups is 2. The molecule has 2 amide bonds. The normalized spacial score (nSPS) is 18.6. The highest BCUT2D eigenvalue weighted by molar-refractivity contribution is 8.02. The van der Waals surface area contributed by atoms with Gasteiger partial charge < -0.3 is 10.2 Å². The van der Waals surface area contributed by atoms with Crippen LogP contribution in [0, 0.1) is 0 Å². The molecule has 2 rings (SSSR count). The van der Waals surface area contributed by atoms with E-state index in [1.807, 2.05) is 0 Å². The number of likely N-dealkylation sites (N-methyl/N-ethyl adjacent to an activating group) is 1. The fourth-order valence-electron chi connectivity index (χ4n) is 2.75. The fraction of sp³-hybridized carbons (Fsp3) is 0.529. The predicted octanol–water partition coefficient (Wildman–Crippen LogP) is 2.41. The quantitative estimate of drug-likeness (QED) is 0.707. The maximum Gasteiger partial charge on any atom is 0.418 e. The Labute approximate surface area is 165 Å². The second-order valence-corrected chi connectivity index (χ2v) is 9.85. The summed E-state index contributed by atoms with van der Waals surface area (Å²) in [5, 5.41) is 2.05. The Morgan fingerprint density at radius 2 is 1.96 bits per heavy atom. The van der Waals surface area contributed by atoms with Crippen LogP contribution in [0.4, 0.5) is 18.9 Å². The minimum atomic E-state index is -4.61. The number of anilines is 1. The van der Waals surface area contributed by atoms with E-state index in [0.717, 1.165) is 12.1 Å². The summed E-state index contributed by atoms with van der Waals surface area (Å²) in [6.07, 6.45) is -4.12. The second kappa shape index (κ2) is 9.17. The van der Waals surface area contributed by atoms with Crippen LogP contribution in [0.2, 0.25) is 0 Å². The maximum atomic E-state index is 13.0. The Kier molecular flexibility index (Phi) is 7.38. The van der Waals surface area contributed by atoms with Gasteiger partial charge in [-0.05, 0) is 25.5 Å². The third-order valence-corrected chi connectivity index (χ3v) is 7.47. The summed E-state index contributed by atoms with van der Waals surface area (Å²) in [4.78, 5) is 25.7. The molecule has 0 saturated carbocycles. The van der Waals surface area contributed by atoms with Gasteiger partial charge >= 0.3 is 6.18 Å². The van der Waals surface area contributed by atoms with E-state index < -0.39 is 27.5 Å². The van der Waals surface area contributed by atoms with Crippen molar-refractivity contribution in [3.05, 3.63) is 29.8 Å². The van der Waals surface area contributed by atoms with Gasteiger partial charge in [0.2, 0.25) is 11.8 Å². The van der Waals surface area contributed by atoms with E-state index >= 15 is 0 Å². The lowest BCUT2D eigenvalue weighted by molar-refractivity contribution is -0.137. The molecule has 1 saturated heterocycles. The molecule has 1 N–H and O–H groups in total. The molecule has 1 aromatic carbocycles. The molecular formula is C17H21F3N2O4S2. The molecule has 6 nitrogen and oxygen atoms in total. The molecule has 1 unspecified atom stereocenters. The number of benzene rings is 1. The zero-order chi connectivity index (χ0) is 20.9. The van der Waals surface area contributed by atoms with Crippen molar-refractivity contribution in [3.8, 4) is 0 Å². The smallest absolute Gasteiger partial charge is 0.333 e. The first kappa shape index (κ1) is 22.5. The summed E-state index contributed by atoms with van der Waals surface area (Å²) < 4.78 is 61.9. The van der Waals surface area contributed by atoms with Gasteiger partial charge in [0.25, 0.3) is 0 Å². The van der Waals surface area contributed by atoms with Crippen LogP contribution >= 0.6 is 11.8 Å². The molecule has 1 aliphatic heterocycles. The van der Waals surface area contributed by atoms with Crippen molar-refractivity contribution in [1.82, 2.24) is 4.90 Å². The first-order valence-electron chi connectivity index (χ1n) is 8.57. The van der Waals surface area contributed by atoms with Crippen molar-refractivity contribution < 1.29 is 31.2 Å². The number of rotatable bonds is 7. The third kappa shape index (κ3) is 6.40. The number of para-hydroxylation sites is 1. The van der Waals surface area contributed by atoms with E-state index in [2.05, 4.69) is 5.32 Å². The third-order valence-electron chi connectivity index (χ3n) is 4.21. The molecule has 0 aliphatic carbocycles. The molecule has 0 radical (unpaired) electrons. The number of thioether (sulfide) groups is 1. The Morgan fingerprint density at radius 3 is 2.54 bits per heavy atom. The minimum Gasteiger partial charge on any atom is -0.333 e. The molecular weight excluding hydrogens is 417 g/mol. The van der Waals surface area contributed by atoms with Gasteiger partial charge in [-0.2, -0.15) is 13.2 Å². The van der Waals surface area contributed by atoms with Crippen molar-refractivity contribution in [2.45, 2.75) is 24.8 Å². The summed E-state index contributed by atoms with van der Waals surface area (Å²) in [5.74, 6) is -0.944. The average Bonchev–Trinajstić information content (AvgIpc) is 2.96. The summed E-state index contributed by atoms with van der Waals surface area (Å²) in [6.45, 7) is 1.47. The number of sulfone groups is 1. The molecule has 1 aliphatic rings. The molecule has 0 spiro atoms. The molecule has 1 fully saturated rings. The van der Waals surface area contributed by atoms with E-state index in [9.17, 15) is 31.2 Å². The van der Waals surface area contributed by atoms with Crippen LogP contribution in [0.25, 0.3) is 0 Å². The summed E-state index contributed by atoms with van der Waals surface area (Å²) in [6, 6.07) is 4.61. The lowest BCUT2D eigenvalue weighted by Crippen LogP contribution is -2.39. The molecule has 0 bridgehead atoms. The Hall–Kier alpha value is -1.75. The van der Waals surface area contributed by atoms with Gasteiger partial charge in [0, 0.05) is 11.8 Å². The van der Waals surface area contributed by atoms with Crippen LogP contribution in [-0.4, -0.2) is 60.7 Å². The Balaban J connectivity index is 1.92. The van der Waals surface area contributed by atoms with Crippen molar-refractivity contribution in [2.75, 3.05) is 35.7 Å². The number of alkyl halides is 3. The standard InChI is InChI=1S/C17H21F3N2O4S2/c1-2-22(16(24)10-27-12-7-8-28(25,26)11-12)9-15(23)21-14-6-4-3-5-13(14)17(18,19)20/h3-6,12H,2,7-11H2,1H3,(H,21,23). The highest BCUT2D eigenvalue weighted by Crippen LogP contribution is 2.34. The van der Waals surface area contributed by atoms with Gasteiger partial charge in [0.05, 0.1) is 35.1 Å². The van der Waals surface area contributed by atoms with E-state index in [0.29, 0.717) is 6.42 Å². The highest BCUT2D eigenvalue weighted by atomic mass is 32.2. The van der Waals surface area contributed by atoms with Crippen molar-refractivity contribution in [1.29, 1.82) is 0 Å². The first-order valence-corrected chi connectivity index (χ1v) is 11.4. The van der Waals surface area contributed by atoms with Crippen LogP contribution in [0.15, 0.2) is 24.3 Å². The maximum absolute atomic E-state index is 13.0. The fourth-order valence-corrected chi connectivity index (χ4v) is 6.30. The molecule has 28 heavy (non-hydrogen) atoms. The van der Waals surface area contributed by atoms with Gasteiger partial charge in [0.1, 0.15) is 0 Å². The number of nitrogens with one attached hydrogen (secondary N) is 1. The summed E-state index contributed by atoms with van der Waals surface area (Å²) in [5.41, 5.74) is -1.33. The topological polar surface area (TPSA) is 83.6 Å². The van der Waals surface area contributed by atoms with E-state index in [1.54, 1.807) is 6.92 Å². The summed E-state index contributed by atoms with van der Waals surface area (Å²) in [7, 11) is -3.04. The average molecular weight is 438 g/mol. The van der Waals surface area contributed by atoms with Gasteiger partial charge in [-0.1, -0.05) is 12.1 Å². The molecule has 11 heteroatoms.